The highest BCUT2D eigenvalue weighted by atomic mass is 16.7. The third kappa shape index (κ3) is 59.6. The monoisotopic (exact) mass is 1310 g/mol. The molecule has 0 aromatic carbocycles. The van der Waals surface area contributed by atoms with E-state index in [9.17, 15) is 35.1 Å². The van der Waals surface area contributed by atoms with Crippen LogP contribution in [0.2, 0.25) is 0 Å². The van der Waals surface area contributed by atoms with Gasteiger partial charge in [0, 0.05) is 12.8 Å². The number of rotatable bonds is 73. The number of carbonyl (C=O) groups is 2. The number of esters is 1. The van der Waals surface area contributed by atoms with Crippen LogP contribution in [0, 0.1) is 0 Å². The minimum absolute atomic E-state index is 0.0169. The number of hydrogen-bond donors (Lipinski definition) is 6. The van der Waals surface area contributed by atoms with E-state index in [4.69, 9.17) is 14.2 Å². The van der Waals surface area contributed by atoms with E-state index >= 15 is 0 Å². The number of carbonyl (C=O) groups excluding carboxylic acids is 2. The molecule has 7 atom stereocenters. The largest absolute Gasteiger partial charge is 0.466 e. The Bertz CT molecular complexity index is 1640. The van der Waals surface area contributed by atoms with Crippen molar-refractivity contribution in [1.29, 1.82) is 0 Å². The predicted molar refractivity (Wildman–Crippen MR) is 394 cm³/mol. The zero-order chi connectivity index (χ0) is 67.2. The van der Waals surface area contributed by atoms with Gasteiger partial charge < -0.3 is 45.1 Å². The Morgan fingerprint density at radius 2 is 0.699 bits per heavy atom. The molecule has 1 amide bonds. The Balaban J connectivity index is 1.92. The van der Waals surface area contributed by atoms with Gasteiger partial charge in [-0.2, -0.15) is 0 Å². The number of aliphatic hydroxyl groups excluding tert-OH is 5. The number of unbranched alkanes of at least 4 members (excludes halogenated alkanes) is 55. The highest BCUT2D eigenvalue weighted by Crippen LogP contribution is 2.24. The quantitative estimate of drug-likeness (QED) is 0.0195. The summed E-state index contributed by atoms with van der Waals surface area (Å²) in [7, 11) is 0. The fourth-order valence-electron chi connectivity index (χ4n) is 13.1. The summed E-state index contributed by atoms with van der Waals surface area (Å²) in [4.78, 5) is 25.1. The van der Waals surface area contributed by atoms with Crippen LogP contribution in [0.3, 0.4) is 0 Å². The molecule has 11 nitrogen and oxygen atoms in total. The lowest BCUT2D eigenvalue weighted by Crippen LogP contribution is -2.60. The smallest absolute Gasteiger partial charge is 0.305 e. The molecule has 1 heterocycles. The average Bonchev–Trinajstić information content (AvgIpc) is 1.11. The van der Waals surface area contributed by atoms with E-state index in [0.717, 1.165) is 51.4 Å². The summed E-state index contributed by atoms with van der Waals surface area (Å²) in [6.07, 6.45) is 83.3. The number of nitrogens with one attached hydrogen (secondary N) is 1. The van der Waals surface area contributed by atoms with Crippen LogP contribution >= 0.6 is 0 Å². The maximum atomic E-state index is 13.1. The van der Waals surface area contributed by atoms with Crippen molar-refractivity contribution in [2.75, 3.05) is 19.8 Å². The van der Waals surface area contributed by atoms with E-state index in [2.05, 4.69) is 43.5 Å². The molecule has 7 unspecified atom stereocenters. The standard InChI is InChI=1S/C82H155NO10/c1-3-5-7-9-11-13-15-16-42-45-49-52-56-60-64-68-75(85)74(73-92-82-81(90)80(89)79(88)76(72-84)93-82)83-77(86)69-65-61-57-53-50-46-43-40-38-36-34-32-30-28-26-24-22-20-18-17-19-21-23-25-27-29-31-33-35-37-39-41-44-47-51-55-59-63-67-71-91-78(87)70-66-62-58-54-48-14-12-10-8-6-4-2/h17-18,49,52,64,68,74-76,79-82,84-85,88-90H,3-16,19-48,50-51,53-63,65-67,69-73H2,1-2H3,(H,83,86)/b18-17-,52-49+,68-64+. The van der Waals surface area contributed by atoms with E-state index in [0.29, 0.717) is 19.4 Å². The highest BCUT2D eigenvalue weighted by Gasteiger charge is 2.44. The second-order valence-corrected chi connectivity index (χ2v) is 28.5. The summed E-state index contributed by atoms with van der Waals surface area (Å²) in [5.41, 5.74) is 0. The first-order valence-corrected chi connectivity index (χ1v) is 40.8. The van der Waals surface area contributed by atoms with Gasteiger partial charge in [-0.1, -0.05) is 365 Å². The maximum Gasteiger partial charge on any atom is 0.305 e. The van der Waals surface area contributed by atoms with Crippen LogP contribution in [0.25, 0.3) is 0 Å². The number of allylic oxidation sites excluding steroid dienone is 5. The zero-order valence-corrected chi connectivity index (χ0v) is 61.2. The molecule has 0 aromatic heterocycles. The van der Waals surface area contributed by atoms with Gasteiger partial charge in [-0.25, -0.2) is 0 Å². The number of aliphatic hydroxyl groups is 5. The summed E-state index contributed by atoms with van der Waals surface area (Å²) >= 11 is 0. The zero-order valence-electron chi connectivity index (χ0n) is 61.2. The summed E-state index contributed by atoms with van der Waals surface area (Å²) in [6.45, 7) is 4.38. The van der Waals surface area contributed by atoms with E-state index < -0.39 is 49.5 Å². The van der Waals surface area contributed by atoms with E-state index in [1.807, 2.05) is 6.08 Å². The third-order valence-electron chi connectivity index (χ3n) is 19.5. The van der Waals surface area contributed by atoms with Crippen molar-refractivity contribution in [3.8, 4) is 0 Å². The van der Waals surface area contributed by atoms with Gasteiger partial charge in [0.05, 0.1) is 32.0 Å². The highest BCUT2D eigenvalue weighted by molar-refractivity contribution is 5.76. The number of ether oxygens (including phenoxy) is 3. The lowest BCUT2D eigenvalue weighted by molar-refractivity contribution is -0.302. The second kappa shape index (κ2) is 71.2. The molecule has 548 valence electrons. The van der Waals surface area contributed by atoms with Crippen LogP contribution in [0.5, 0.6) is 0 Å². The predicted octanol–water partition coefficient (Wildman–Crippen LogP) is 22.1. The first-order chi connectivity index (χ1) is 45.7. The van der Waals surface area contributed by atoms with E-state index in [-0.39, 0.29) is 18.5 Å². The van der Waals surface area contributed by atoms with Gasteiger partial charge in [0.1, 0.15) is 24.4 Å². The average molecular weight is 1320 g/mol. The fraction of sp³-hybridized carbons (Fsp3) is 0.902. The van der Waals surface area contributed by atoms with Gasteiger partial charge in [-0.15, -0.1) is 0 Å². The molecule has 93 heavy (non-hydrogen) atoms. The minimum Gasteiger partial charge on any atom is -0.466 e. The molecule has 1 rings (SSSR count). The third-order valence-corrected chi connectivity index (χ3v) is 19.5. The van der Waals surface area contributed by atoms with Gasteiger partial charge in [0.2, 0.25) is 5.91 Å². The van der Waals surface area contributed by atoms with Crippen LogP contribution in [0.1, 0.15) is 412 Å². The molecule has 6 N–H and O–H groups in total. The lowest BCUT2D eigenvalue weighted by atomic mass is 9.99. The van der Waals surface area contributed by atoms with Crippen LogP contribution in [-0.4, -0.2) is 100 Å². The Morgan fingerprint density at radius 3 is 1.06 bits per heavy atom. The SMILES string of the molecule is CCCCCCCCCCC/C=C/CC/C=C/C(O)C(COC1OC(CO)C(O)C(O)C1O)NC(=O)CCCCCCCCCCCCCCCCCCC/C=C\CCCCCCCCCCCCCCCCCCCCOC(=O)CCCCCCCCCCCCC. The molecule has 1 saturated heterocycles. The van der Waals surface area contributed by atoms with Crippen molar-refractivity contribution in [2.24, 2.45) is 0 Å². The van der Waals surface area contributed by atoms with Gasteiger partial charge in [0.25, 0.3) is 0 Å². The fourth-order valence-corrected chi connectivity index (χ4v) is 13.1. The molecule has 0 aromatic rings. The van der Waals surface area contributed by atoms with Crippen molar-refractivity contribution < 1.29 is 49.3 Å². The Morgan fingerprint density at radius 1 is 0.387 bits per heavy atom. The van der Waals surface area contributed by atoms with E-state index in [1.54, 1.807) is 6.08 Å². The van der Waals surface area contributed by atoms with Gasteiger partial charge >= 0.3 is 5.97 Å². The minimum atomic E-state index is -1.57. The first-order valence-electron chi connectivity index (χ1n) is 40.8. The summed E-state index contributed by atoms with van der Waals surface area (Å²) in [6, 6.07) is -0.825. The van der Waals surface area contributed by atoms with Crippen molar-refractivity contribution in [3.05, 3.63) is 36.5 Å². The molecule has 0 spiro atoms. The molecule has 1 aliphatic rings. The molecular formula is C82H155NO10. The van der Waals surface area contributed by atoms with Gasteiger partial charge in [0.15, 0.2) is 6.29 Å². The van der Waals surface area contributed by atoms with Gasteiger partial charge in [-0.3, -0.25) is 9.59 Å². The molecule has 11 heteroatoms. The molecular weight excluding hydrogens is 1160 g/mol. The van der Waals surface area contributed by atoms with Crippen molar-refractivity contribution in [2.45, 2.75) is 455 Å². The van der Waals surface area contributed by atoms with Crippen LogP contribution < -0.4 is 5.32 Å². The molecule has 0 aliphatic carbocycles. The maximum absolute atomic E-state index is 13.1. The van der Waals surface area contributed by atoms with Crippen LogP contribution in [0.4, 0.5) is 0 Å². The van der Waals surface area contributed by atoms with Gasteiger partial charge in [-0.05, 0) is 70.6 Å². The molecule has 1 fully saturated rings. The Labute approximate surface area is 574 Å². The first kappa shape index (κ1) is 88.9. The molecule has 0 radical (unpaired) electrons. The molecule has 0 bridgehead atoms. The Kier molecular flexibility index (Phi) is 68.0. The molecule has 1 aliphatic heterocycles. The lowest BCUT2D eigenvalue weighted by Gasteiger charge is -2.40. The summed E-state index contributed by atoms with van der Waals surface area (Å²) < 4.78 is 16.8. The normalized spacial score (nSPS) is 17.6. The van der Waals surface area contributed by atoms with Crippen molar-refractivity contribution >= 4 is 11.9 Å². The number of hydrogen-bond acceptors (Lipinski definition) is 10. The van der Waals surface area contributed by atoms with Crippen molar-refractivity contribution in [1.82, 2.24) is 5.32 Å². The summed E-state index contributed by atoms with van der Waals surface area (Å²) in [5, 5.41) is 54.6. The number of amides is 1. The van der Waals surface area contributed by atoms with Crippen LogP contribution in [0.15, 0.2) is 36.5 Å². The van der Waals surface area contributed by atoms with Crippen molar-refractivity contribution in [3.63, 3.8) is 0 Å². The summed E-state index contributed by atoms with van der Waals surface area (Å²) in [5.74, 6) is -0.168. The Hall–Kier alpha value is -2.12. The van der Waals surface area contributed by atoms with E-state index in [1.165, 1.54) is 334 Å². The second-order valence-electron chi connectivity index (χ2n) is 28.5. The molecule has 0 saturated carbocycles. The topological polar surface area (TPSA) is 175 Å². The van der Waals surface area contributed by atoms with Crippen LogP contribution in [-0.2, 0) is 23.8 Å².